The van der Waals surface area contributed by atoms with Crippen LogP contribution in [-0.4, -0.2) is 14.3 Å². The van der Waals surface area contributed by atoms with Crippen molar-refractivity contribution in [1.29, 1.82) is 0 Å². The number of halogens is 2. The van der Waals surface area contributed by atoms with Crippen molar-refractivity contribution in [3.8, 4) is 0 Å². The molecule has 28 heavy (non-hydrogen) atoms. The third-order valence-electron chi connectivity index (χ3n) is 3.78. The summed E-state index contributed by atoms with van der Waals surface area (Å²) in [5.41, 5.74) is 0.855. The lowest BCUT2D eigenvalue weighted by Crippen LogP contribution is -2.25. The van der Waals surface area contributed by atoms with E-state index in [1.165, 1.54) is 30.5 Å². The van der Waals surface area contributed by atoms with E-state index in [1.54, 1.807) is 30.3 Å². The van der Waals surface area contributed by atoms with Gasteiger partial charge < -0.3 is 9.73 Å². The first-order valence-corrected chi connectivity index (χ1v) is 10.6. The van der Waals surface area contributed by atoms with E-state index in [2.05, 4.69) is 10.0 Å². The topological polar surface area (TPSA) is 88.4 Å². The predicted octanol–water partition coefficient (Wildman–Crippen LogP) is 4.46. The Morgan fingerprint density at radius 2 is 1.79 bits per heavy atom. The molecule has 1 heterocycles. The lowest BCUT2D eigenvalue weighted by atomic mass is 10.1. The molecule has 146 valence electrons. The Morgan fingerprint density at radius 1 is 1.00 bits per heavy atom. The first-order valence-electron chi connectivity index (χ1n) is 8.18. The summed E-state index contributed by atoms with van der Waals surface area (Å²) in [6.45, 7) is 0.191. The minimum Gasteiger partial charge on any atom is -0.467 e. The Labute approximate surface area is 172 Å². The number of anilines is 1. The average Bonchev–Trinajstić information content (AvgIpc) is 3.16. The maximum absolute atomic E-state index is 12.6. The second kappa shape index (κ2) is 8.68. The quantitative estimate of drug-likeness (QED) is 0.569. The van der Waals surface area contributed by atoms with E-state index in [0.29, 0.717) is 16.3 Å². The molecule has 6 nitrogen and oxygen atoms in total. The summed E-state index contributed by atoms with van der Waals surface area (Å²) >= 11 is 11.8. The van der Waals surface area contributed by atoms with Crippen molar-refractivity contribution in [3.05, 3.63) is 87.8 Å². The Bertz CT molecular complexity index is 1080. The van der Waals surface area contributed by atoms with Crippen LogP contribution in [0, 0.1) is 0 Å². The van der Waals surface area contributed by atoms with Crippen LogP contribution in [0.1, 0.15) is 21.7 Å². The van der Waals surface area contributed by atoms with Crippen molar-refractivity contribution in [2.45, 2.75) is 12.3 Å². The highest BCUT2D eigenvalue weighted by Gasteiger charge is 2.18. The van der Waals surface area contributed by atoms with Crippen molar-refractivity contribution < 1.29 is 17.6 Å². The SMILES string of the molecule is O=C(NCc1ccco1)c1ccccc1NS(=O)(=O)Cc1ccc(Cl)c(Cl)c1. The van der Waals surface area contributed by atoms with Gasteiger partial charge in [-0.05, 0) is 42.0 Å². The fourth-order valence-electron chi connectivity index (χ4n) is 2.50. The van der Waals surface area contributed by atoms with Crippen molar-refractivity contribution in [3.63, 3.8) is 0 Å². The van der Waals surface area contributed by atoms with Gasteiger partial charge in [-0.3, -0.25) is 9.52 Å². The number of nitrogens with one attached hydrogen (secondary N) is 2. The highest BCUT2D eigenvalue weighted by Crippen LogP contribution is 2.24. The van der Waals surface area contributed by atoms with Crippen molar-refractivity contribution in [2.75, 3.05) is 4.72 Å². The van der Waals surface area contributed by atoms with E-state index in [4.69, 9.17) is 27.6 Å². The predicted molar refractivity (Wildman–Crippen MR) is 109 cm³/mol. The monoisotopic (exact) mass is 438 g/mol. The number of rotatable bonds is 7. The summed E-state index contributed by atoms with van der Waals surface area (Å²) in [4.78, 5) is 12.5. The summed E-state index contributed by atoms with van der Waals surface area (Å²) in [7, 11) is -3.78. The number of benzene rings is 2. The highest BCUT2D eigenvalue weighted by molar-refractivity contribution is 7.91. The first-order chi connectivity index (χ1) is 13.3. The zero-order valence-electron chi connectivity index (χ0n) is 14.5. The molecule has 0 aliphatic rings. The van der Waals surface area contributed by atoms with Gasteiger partial charge in [-0.2, -0.15) is 0 Å². The summed E-state index contributed by atoms with van der Waals surface area (Å²) in [6.07, 6.45) is 1.51. The lowest BCUT2D eigenvalue weighted by molar-refractivity contribution is 0.0949. The number of sulfonamides is 1. The highest BCUT2D eigenvalue weighted by atomic mass is 35.5. The molecule has 0 atom stereocenters. The molecule has 0 saturated heterocycles. The van der Waals surface area contributed by atoms with Crippen LogP contribution in [0.3, 0.4) is 0 Å². The van der Waals surface area contributed by atoms with Gasteiger partial charge in [0.05, 0.1) is 39.9 Å². The second-order valence-corrected chi connectivity index (χ2v) is 8.45. The smallest absolute Gasteiger partial charge is 0.253 e. The third kappa shape index (κ3) is 5.28. The number of furan rings is 1. The van der Waals surface area contributed by atoms with Gasteiger partial charge in [-0.1, -0.05) is 41.4 Å². The standard InChI is InChI=1S/C19H16Cl2N2O4S/c20-16-8-7-13(10-17(16)21)12-28(25,26)23-18-6-2-1-5-15(18)19(24)22-11-14-4-3-9-27-14/h1-10,23H,11-12H2,(H,22,24). The van der Waals surface area contributed by atoms with Crippen LogP contribution in [0.4, 0.5) is 5.69 Å². The van der Waals surface area contributed by atoms with Crippen molar-refractivity contribution >= 4 is 44.8 Å². The fourth-order valence-corrected chi connectivity index (χ4v) is 4.02. The van der Waals surface area contributed by atoms with Crippen molar-refractivity contribution in [2.24, 2.45) is 0 Å². The second-order valence-electron chi connectivity index (χ2n) is 5.92. The maximum atomic E-state index is 12.6. The molecule has 0 fully saturated rings. The molecule has 1 amide bonds. The van der Waals surface area contributed by atoms with Gasteiger partial charge in [-0.25, -0.2) is 8.42 Å². The van der Waals surface area contributed by atoms with E-state index in [1.807, 2.05) is 0 Å². The molecule has 0 aliphatic heterocycles. The maximum Gasteiger partial charge on any atom is 0.253 e. The molecule has 0 aliphatic carbocycles. The summed E-state index contributed by atoms with van der Waals surface area (Å²) in [5, 5.41) is 3.30. The third-order valence-corrected chi connectivity index (χ3v) is 5.76. The van der Waals surface area contributed by atoms with Gasteiger partial charge in [0, 0.05) is 0 Å². The molecule has 0 bridgehead atoms. The van der Waals surface area contributed by atoms with Gasteiger partial charge in [0.1, 0.15) is 5.76 Å². The Morgan fingerprint density at radius 3 is 2.50 bits per heavy atom. The summed E-state index contributed by atoms with van der Waals surface area (Å²) in [6, 6.07) is 14.4. The Kier molecular flexibility index (Phi) is 6.28. The molecular formula is C19H16Cl2N2O4S. The number of hydrogen-bond donors (Lipinski definition) is 2. The molecule has 1 aromatic heterocycles. The molecule has 3 rings (SSSR count). The van der Waals surface area contributed by atoms with Gasteiger partial charge in [-0.15, -0.1) is 0 Å². The van der Waals surface area contributed by atoms with Gasteiger partial charge >= 0.3 is 0 Å². The van der Waals surface area contributed by atoms with E-state index < -0.39 is 15.9 Å². The van der Waals surface area contributed by atoms with E-state index in [0.717, 1.165) is 0 Å². The number of carbonyl (C=O) groups is 1. The molecular weight excluding hydrogens is 423 g/mol. The van der Waals surface area contributed by atoms with E-state index >= 15 is 0 Å². The molecule has 9 heteroatoms. The lowest BCUT2D eigenvalue weighted by Gasteiger charge is -2.13. The largest absolute Gasteiger partial charge is 0.467 e. The van der Waals surface area contributed by atoms with Gasteiger partial charge in [0.2, 0.25) is 10.0 Å². The molecule has 2 N–H and O–H groups in total. The van der Waals surface area contributed by atoms with Gasteiger partial charge in [0.15, 0.2) is 0 Å². The number of hydrogen-bond acceptors (Lipinski definition) is 4. The van der Waals surface area contributed by atoms with Crippen LogP contribution in [0.15, 0.2) is 65.3 Å². The zero-order chi connectivity index (χ0) is 20.1. The Hall–Kier alpha value is -2.48. The molecule has 0 radical (unpaired) electrons. The van der Waals surface area contributed by atoms with Crippen LogP contribution in [0.25, 0.3) is 0 Å². The van der Waals surface area contributed by atoms with Crippen LogP contribution in [0.2, 0.25) is 10.0 Å². The molecule has 3 aromatic rings. The average molecular weight is 439 g/mol. The van der Waals surface area contributed by atoms with E-state index in [9.17, 15) is 13.2 Å². The molecule has 0 unspecified atom stereocenters. The molecule has 0 saturated carbocycles. The van der Waals surface area contributed by atoms with E-state index in [-0.39, 0.29) is 28.6 Å². The Balaban J connectivity index is 1.74. The zero-order valence-corrected chi connectivity index (χ0v) is 16.8. The van der Waals surface area contributed by atoms with Crippen molar-refractivity contribution in [1.82, 2.24) is 5.32 Å². The first kappa shape index (κ1) is 20.3. The summed E-state index contributed by atoms with van der Waals surface area (Å²) < 4.78 is 32.7. The number of amides is 1. The van der Waals surface area contributed by atoms with Crippen LogP contribution in [0.5, 0.6) is 0 Å². The van der Waals surface area contributed by atoms with Gasteiger partial charge in [0.25, 0.3) is 5.91 Å². The van der Waals surface area contributed by atoms with Crippen LogP contribution >= 0.6 is 23.2 Å². The molecule has 2 aromatic carbocycles. The summed E-state index contributed by atoms with van der Waals surface area (Å²) in [5.74, 6) is -0.151. The number of carbonyl (C=O) groups excluding carboxylic acids is 1. The normalized spacial score (nSPS) is 11.2. The molecule has 0 spiro atoms. The van der Waals surface area contributed by atoms with Crippen LogP contribution in [-0.2, 0) is 22.3 Å². The minimum absolute atomic E-state index is 0.180. The minimum atomic E-state index is -3.78. The number of para-hydroxylation sites is 1. The fraction of sp³-hybridized carbons (Fsp3) is 0.105. The van der Waals surface area contributed by atoms with Crippen LogP contribution < -0.4 is 10.0 Å².